The van der Waals surface area contributed by atoms with Crippen LogP contribution in [-0.4, -0.2) is 0 Å². The van der Waals surface area contributed by atoms with Gasteiger partial charge in [0.15, 0.2) is 0 Å². The van der Waals surface area contributed by atoms with Crippen molar-refractivity contribution >= 4 is 24.8 Å². The fourth-order valence-electron chi connectivity index (χ4n) is 0. The largest absolute Gasteiger partial charge is 0.346 e. The van der Waals surface area contributed by atoms with Crippen molar-refractivity contribution in [2.24, 2.45) is 0 Å². The third kappa shape index (κ3) is 30.6. The second-order valence-electron chi connectivity index (χ2n) is 0. The third-order valence-electron chi connectivity index (χ3n) is 0. The Hall–Kier alpha value is 1.46. The van der Waals surface area contributed by atoms with Gasteiger partial charge in [-0.2, -0.15) is 6.92 Å². The summed E-state index contributed by atoms with van der Waals surface area (Å²) in [5.74, 6) is 0. The Kier molecular flexibility index (Phi) is 323. The fraction of sp³-hybridized carbons (Fsp3) is 0.500. The maximum Gasteiger partial charge on any atom is 0 e. The van der Waals surface area contributed by atoms with Crippen molar-refractivity contribution in [1.82, 2.24) is 0 Å². The Morgan fingerprint density at radius 2 is 1.00 bits per heavy atom. The summed E-state index contributed by atoms with van der Waals surface area (Å²) in [5, 5.41) is 0. The molecule has 0 heterocycles. The second-order valence-corrected chi connectivity index (χ2v) is 0. The Morgan fingerprint density at radius 3 is 1.00 bits per heavy atom. The Bertz CT molecular complexity index is 7.61. The van der Waals surface area contributed by atoms with Crippen LogP contribution in [0.5, 0.6) is 0 Å². The van der Waals surface area contributed by atoms with Gasteiger partial charge in [-0.15, -0.1) is 24.8 Å². The van der Waals surface area contributed by atoms with E-state index in [2.05, 4.69) is 6.92 Å². The molecule has 0 aromatic heterocycles. The van der Waals surface area contributed by atoms with Crippen molar-refractivity contribution in [2.45, 2.75) is 6.92 Å². The number of rotatable bonds is 0. The molecule has 5 heavy (non-hydrogen) atoms. The average molecular weight is 193 g/mol. The predicted octanol–water partition coefficient (Wildman–Crippen LogP) is 1.68. The molecule has 0 atom stereocenters. The number of halogens is 2. The molecule has 0 saturated carbocycles. The van der Waals surface area contributed by atoms with Crippen LogP contribution in [0.2, 0.25) is 0 Å². The van der Waals surface area contributed by atoms with Gasteiger partial charge in [0.1, 0.15) is 0 Å². The molecule has 34 valence electrons. The van der Waals surface area contributed by atoms with Crippen LogP contribution in [0, 0.1) is 6.92 Å². The first-order chi connectivity index (χ1) is 1.00. The van der Waals surface area contributed by atoms with Crippen LogP contribution in [0.4, 0.5) is 0 Å². The molecule has 3 heteroatoms. The predicted molar refractivity (Wildman–Crippen MR) is 25.5 cm³/mol. The molecule has 0 aromatic carbocycles. The van der Waals surface area contributed by atoms with Gasteiger partial charge < -0.3 is 6.92 Å². The van der Waals surface area contributed by atoms with Gasteiger partial charge in [0.05, 0.1) is 0 Å². The molecule has 0 amide bonds. The quantitative estimate of drug-likeness (QED) is 0.513. The molecule has 0 rings (SSSR count). The summed E-state index contributed by atoms with van der Waals surface area (Å²) in [6, 6.07) is 0. The van der Waals surface area contributed by atoms with E-state index in [-0.39, 0.29) is 51.0 Å². The minimum absolute atomic E-state index is 0. The maximum absolute atomic E-state index is 3.25. The zero-order valence-corrected chi connectivity index (χ0v) is 7.11. The van der Waals surface area contributed by atoms with E-state index in [4.69, 9.17) is 0 Å². The molecule has 0 nitrogen and oxygen atoms in total. The molecule has 0 spiro atoms. The summed E-state index contributed by atoms with van der Waals surface area (Å²) < 4.78 is 0. The van der Waals surface area contributed by atoms with E-state index in [0.29, 0.717) is 0 Å². The standard InChI is InChI=1S/C2H5.2ClH.Zr/c1-2;;;/h1H2,2H3;2*1H;/q-1;;;. The third-order valence-corrected chi connectivity index (χ3v) is 0. The molecular weight excluding hydrogens is 186 g/mol. The smallest absolute Gasteiger partial charge is 0 e. The van der Waals surface area contributed by atoms with Crippen LogP contribution < -0.4 is 0 Å². The zero-order chi connectivity index (χ0) is 2.00. The SMILES string of the molecule is Cl.Cl.[CH2-]C.[Zr]. The van der Waals surface area contributed by atoms with Gasteiger partial charge in [-0.05, 0) is 0 Å². The monoisotopic (exact) mass is 191 g/mol. The van der Waals surface area contributed by atoms with Gasteiger partial charge in [0.2, 0.25) is 0 Å². The van der Waals surface area contributed by atoms with Gasteiger partial charge in [-0.25, -0.2) is 0 Å². The Labute approximate surface area is 64.7 Å². The Balaban J connectivity index is -0.00000000167. The van der Waals surface area contributed by atoms with Gasteiger partial charge >= 0.3 is 0 Å². The van der Waals surface area contributed by atoms with Gasteiger partial charge in [-0.3, -0.25) is 0 Å². The molecule has 0 saturated heterocycles. The van der Waals surface area contributed by atoms with E-state index in [1.54, 1.807) is 6.92 Å². The first kappa shape index (κ1) is 31.8. The van der Waals surface area contributed by atoms with Crippen LogP contribution in [0.1, 0.15) is 6.92 Å². The molecule has 0 aromatic rings. The molecular formula is C2H7Cl2Zr-. The van der Waals surface area contributed by atoms with Gasteiger partial charge in [-0.1, -0.05) is 0 Å². The molecule has 0 unspecified atom stereocenters. The van der Waals surface area contributed by atoms with E-state index >= 15 is 0 Å². The van der Waals surface area contributed by atoms with E-state index in [0.717, 1.165) is 0 Å². The van der Waals surface area contributed by atoms with Crippen LogP contribution in [0.25, 0.3) is 0 Å². The van der Waals surface area contributed by atoms with E-state index in [1.807, 2.05) is 0 Å². The van der Waals surface area contributed by atoms with Crippen molar-refractivity contribution < 1.29 is 26.2 Å². The molecule has 0 aliphatic carbocycles. The topological polar surface area (TPSA) is 0 Å². The fourth-order valence-corrected chi connectivity index (χ4v) is 0. The van der Waals surface area contributed by atoms with Crippen LogP contribution >= 0.6 is 24.8 Å². The molecule has 0 radical (unpaired) electrons. The van der Waals surface area contributed by atoms with Gasteiger partial charge in [0.25, 0.3) is 0 Å². The van der Waals surface area contributed by atoms with E-state index in [1.165, 1.54) is 0 Å². The summed E-state index contributed by atoms with van der Waals surface area (Å²) in [5.41, 5.74) is 0. The van der Waals surface area contributed by atoms with Crippen LogP contribution in [0.3, 0.4) is 0 Å². The minimum atomic E-state index is 0. The maximum atomic E-state index is 3.25. The number of hydrogen-bond acceptors (Lipinski definition) is 0. The summed E-state index contributed by atoms with van der Waals surface area (Å²) >= 11 is 0. The second kappa shape index (κ2) is 50.8. The van der Waals surface area contributed by atoms with Crippen molar-refractivity contribution in [3.05, 3.63) is 6.92 Å². The minimum Gasteiger partial charge on any atom is -0.346 e. The zero-order valence-electron chi connectivity index (χ0n) is 3.02. The van der Waals surface area contributed by atoms with Crippen molar-refractivity contribution in [2.75, 3.05) is 0 Å². The summed E-state index contributed by atoms with van der Waals surface area (Å²) in [6.45, 7) is 5.00. The van der Waals surface area contributed by atoms with Crippen LogP contribution in [0.15, 0.2) is 0 Å². The molecule has 0 fully saturated rings. The molecule has 0 aliphatic heterocycles. The van der Waals surface area contributed by atoms with Crippen LogP contribution in [-0.2, 0) is 26.2 Å². The summed E-state index contributed by atoms with van der Waals surface area (Å²) in [4.78, 5) is 0. The average Bonchev–Trinajstić information content (AvgIpc) is 1.00. The first-order valence-corrected chi connectivity index (χ1v) is 0.707. The van der Waals surface area contributed by atoms with Crippen molar-refractivity contribution in [3.8, 4) is 0 Å². The summed E-state index contributed by atoms with van der Waals surface area (Å²) in [7, 11) is 0. The first-order valence-electron chi connectivity index (χ1n) is 0.707. The normalized spacial score (nSPS) is 1.20. The van der Waals surface area contributed by atoms with Crippen molar-refractivity contribution in [3.63, 3.8) is 0 Å². The number of hydrogen-bond donors (Lipinski definition) is 0. The van der Waals surface area contributed by atoms with E-state index in [9.17, 15) is 0 Å². The van der Waals surface area contributed by atoms with Gasteiger partial charge in [0, 0.05) is 26.2 Å². The molecule has 0 aliphatic rings. The summed E-state index contributed by atoms with van der Waals surface area (Å²) in [6.07, 6.45) is 0. The van der Waals surface area contributed by atoms with E-state index < -0.39 is 0 Å². The van der Waals surface area contributed by atoms with Crippen molar-refractivity contribution in [1.29, 1.82) is 0 Å². The molecule has 0 N–H and O–H groups in total. The molecule has 0 bridgehead atoms. The Morgan fingerprint density at radius 1 is 1.00 bits per heavy atom.